The molecule has 0 fully saturated rings. The quantitative estimate of drug-likeness (QED) is 0.469. The van der Waals surface area contributed by atoms with Crippen molar-refractivity contribution in [2.75, 3.05) is 25.1 Å². The lowest BCUT2D eigenvalue weighted by Gasteiger charge is -2.19. The highest BCUT2D eigenvalue weighted by molar-refractivity contribution is 5.93. The number of esters is 1. The highest BCUT2D eigenvalue weighted by Gasteiger charge is 2.17. The summed E-state index contributed by atoms with van der Waals surface area (Å²) in [6, 6.07) is 10.8. The van der Waals surface area contributed by atoms with Crippen molar-refractivity contribution in [1.29, 1.82) is 0 Å². The number of hydrogen-bond donors (Lipinski definition) is 1. The maximum Gasteiger partial charge on any atom is 0.311 e. The van der Waals surface area contributed by atoms with Crippen molar-refractivity contribution in [3.05, 3.63) is 58.1 Å². The molecule has 0 aliphatic carbocycles. The predicted octanol–water partition coefficient (Wildman–Crippen LogP) is 2.09. The molecule has 1 N–H and O–H groups in total. The Balaban J connectivity index is 1.52. The van der Waals surface area contributed by atoms with Crippen LogP contribution < -0.4 is 14.8 Å². The van der Waals surface area contributed by atoms with E-state index in [1.807, 2.05) is 0 Å². The molecule has 27 heavy (non-hydrogen) atoms. The average Bonchev–Trinajstić information content (AvgIpc) is 2.66. The molecule has 2 aromatic carbocycles. The Morgan fingerprint density at radius 2 is 1.85 bits per heavy atom. The van der Waals surface area contributed by atoms with E-state index >= 15 is 0 Å². The Bertz CT molecular complexity index is 882. The van der Waals surface area contributed by atoms with Crippen LogP contribution in [0.15, 0.2) is 42.5 Å². The van der Waals surface area contributed by atoms with E-state index in [9.17, 15) is 19.7 Å². The summed E-state index contributed by atoms with van der Waals surface area (Å²) in [6.07, 6.45) is -0.297. The van der Waals surface area contributed by atoms with Crippen molar-refractivity contribution in [2.24, 2.45) is 0 Å². The number of nitrogens with one attached hydrogen (secondary N) is 1. The van der Waals surface area contributed by atoms with Gasteiger partial charge < -0.3 is 19.5 Å². The summed E-state index contributed by atoms with van der Waals surface area (Å²) < 4.78 is 15.7. The van der Waals surface area contributed by atoms with Crippen LogP contribution in [-0.4, -0.2) is 36.6 Å². The third-order valence-corrected chi connectivity index (χ3v) is 3.71. The van der Waals surface area contributed by atoms with Crippen LogP contribution in [0.5, 0.6) is 11.5 Å². The number of rotatable bonds is 6. The molecule has 0 radical (unpaired) electrons. The number of nitro benzene ring substituents is 1. The summed E-state index contributed by atoms with van der Waals surface area (Å²) >= 11 is 0. The lowest BCUT2D eigenvalue weighted by Crippen LogP contribution is -2.22. The number of benzene rings is 2. The summed E-state index contributed by atoms with van der Waals surface area (Å²) in [5.41, 5.74) is 0.522. The van der Waals surface area contributed by atoms with E-state index in [4.69, 9.17) is 14.2 Å². The molecule has 1 amide bonds. The molecule has 2 aromatic rings. The summed E-state index contributed by atoms with van der Waals surface area (Å²) in [5, 5.41) is 13.5. The smallest absolute Gasteiger partial charge is 0.311 e. The van der Waals surface area contributed by atoms with E-state index in [0.29, 0.717) is 30.4 Å². The molecule has 3 rings (SSSR count). The van der Waals surface area contributed by atoms with E-state index in [2.05, 4.69) is 5.32 Å². The Kier molecular flexibility index (Phi) is 5.50. The zero-order valence-corrected chi connectivity index (χ0v) is 14.2. The Morgan fingerprint density at radius 1 is 1.11 bits per heavy atom. The monoisotopic (exact) mass is 372 g/mol. The van der Waals surface area contributed by atoms with Crippen molar-refractivity contribution in [3.63, 3.8) is 0 Å². The van der Waals surface area contributed by atoms with Crippen LogP contribution in [0.3, 0.4) is 0 Å². The van der Waals surface area contributed by atoms with Crippen molar-refractivity contribution < 1.29 is 28.7 Å². The number of hydrogen-bond acceptors (Lipinski definition) is 7. The number of amides is 1. The fourth-order valence-electron chi connectivity index (χ4n) is 2.51. The van der Waals surface area contributed by atoms with Gasteiger partial charge in [0.15, 0.2) is 18.1 Å². The van der Waals surface area contributed by atoms with Gasteiger partial charge in [-0.05, 0) is 12.1 Å². The van der Waals surface area contributed by atoms with Crippen molar-refractivity contribution >= 4 is 23.3 Å². The lowest BCUT2D eigenvalue weighted by molar-refractivity contribution is -0.385. The van der Waals surface area contributed by atoms with E-state index in [1.165, 1.54) is 18.2 Å². The zero-order chi connectivity index (χ0) is 19.2. The van der Waals surface area contributed by atoms with Gasteiger partial charge in [0.05, 0.1) is 11.3 Å². The maximum absolute atomic E-state index is 11.9. The summed E-state index contributed by atoms with van der Waals surface area (Å²) in [6.45, 7) is 0.385. The largest absolute Gasteiger partial charge is 0.486 e. The molecule has 9 nitrogen and oxygen atoms in total. The lowest BCUT2D eigenvalue weighted by atomic mass is 10.1. The van der Waals surface area contributed by atoms with Crippen LogP contribution in [0.2, 0.25) is 0 Å². The number of carbonyl (C=O) groups excluding carboxylic acids is 2. The highest BCUT2D eigenvalue weighted by Crippen LogP contribution is 2.32. The fraction of sp³-hybridized carbons (Fsp3) is 0.222. The first kappa shape index (κ1) is 18.2. The SMILES string of the molecule is O=C(COC(=O)Cc1ccccc1[N+](=O)[O-])Nc1ccc2c(c1)OCCO2. The molecule has 0 unspecified atom stereocenters. The molecule has 0 spiro atoms. The molecule has 140 valence electrons. The number of nitrogens with zero attached hydrogens (tertiary/aromatic N) is 1. The van der Waals surface area contributed by atoms with Gasteiger partial charge in [0.2, 0.25) is 0 Å². The van der Waals surface area contributed by atoms with Gasteiger partial charge >= 0.3 is 5.97 Å². The first-order valence-electron chi connectivity index (χ1n) is 8.10. The molecule has 1 aliphatic heterocycles. The molecule has 0 aromatic heterocycles. The second kappa shape index (κ2) is 8.17. The minimum atomic E-state index is -0.735. The highest BCUT2D eigenvalue weighted by atomic mass is 16.6. The minimum absolute atomic E-state index is 0.171. The van der Waals surface area contributed by atoms with Crippen molar-refractivity contribution in [1.82, 2.24) is 0 Å². The second-order valence-corrected chi connectivity index (χ2v) is 5.63. The average molecular weight is 372 g/mol. The third kappa shape index (κ3) is 4.72. The van der Waals surface area contributed by atoms with E-state index in [1.54, 1.807) is 24.3 Å². The standard InChI is InChI=1S/C18H16N2O7/c21-17(19-13-5-6-15-16(10-13)26-8-7-25-15)11-27-18(22)9-12-3-1-2-4-14(12)20(23)24/h1-6,10H,7-9,11H2,(H,19,21). The first-order chi connectivity index (χ1) is 13.0. The Labute approximate surface area is 154 Å². The van der Waals surface area contributed by atoms with Gasteiger partial charge in [-0.15, -0.1) is 0 Å². The number of para-hydroxylation sites is 1. The molecule has 9 heteroatoms. The molecule has 0 saturated heterocycles. The predicted molar refractivity (Wildman–Crippen MR) is 93.8 cm³/mol. The molecule has 1 aliphatic rings. The number of ether oxygens (including phenoxy) is 3. The van der Waals surface area contributed by atoms with Gasteiger partial charge in [0.25, 0.3) is 11.6 Å². The molecular formula is C18H16N2O7. The van der Waals surface area contributed by atoms with Crippen LogP contribution in [0.25, 0.3) is 0 Å². The van der Waals surface area contributed by atoms with E-state index in [0.717, 1.165) is 0 Å². The topological polar surface area (TPSA) is 117 Å². The van der Waals surface area contributed by atoms with Gasteiger partial charge in [-0.2, -0.15) is 0 Å². The Hall–Kier alpha value is -3.62. The maximum atomic E-state index is 11.9. The van der Waals surface area contributed by atoms with E-state index in [-0.39, 0.29) is 17.7 Å². The fourth-order valence-corrected chi connectivity index (χ4v) is 2.51. The second-order valence-electron chi connectivity index (χ2n) is 5.63. The first-order valence-corrected chi connectivity index (χ1v) is 8.10. The zero-order valence-electron chi connectivity index (χ0n) is 14.2. The summed E-state index contributed by atoms with van der Waals surface area (Å²) in [5.74, 6) is -0.160. The Morgan fingerprint density at radius 3 is 2.63 bits per heavy atom. The van der Waals surface area contributed by atoms with E-state index < -0.39 is 23.4 Å². The molecule has 0 saturated carbocycles. The van der Waals surface area contributed by atoms with Gasteiger partial charge in [-0.1, -0.05) is 18.2 Å². The van der Waals surface area contributed by atoms with Gasteiger partial charge in [0, 0.05) is 23.4 Å². The molecular weight excluding hydrogens is 356 g/mol. The number of anilines is 1. The van der Waals surface area contributed by atoms with Crippen LogP contribution in [-0.2, 0) is 20.7 Å². The van der Waals surface area contributed by atoms with Crippen LogP contribution in [0, 0.1) is 10.1 Å². The van der Waals surface area contributed by atoms with Gasteiger partial charge in [0.1, 0.15) is 13.2 Å². The number of nitro groups is 1. The number of fused-ring (bicyclic) bond motifs is 1. The molecule has 1 heterocycles. The van der Waals surface area contributed by atoms with Gasteiger partial charge in [-0.25, -0.2) is 0 Å². The van der Waals surface area contributed by atoms with Crippen LogP contribution in [0.4, 0.5) is 11.4 Å². The molecule has 0 atom stereocenters. The number of carbonyl (C=O) groups is 2. The molecule has 0 bridgehead atoms. The van der Waals surface area contributed by atoms with Crippen LogP contribution >= 0.6 is 0 Å². The van der Waals surface area contributed by atoms with Crippen molar-refractivity contribution in [2.45, 2.75) is 6.42 Å². The minimum Gasteiger partial charge on any atom is -0.486 e. The van der Waals surface area contributed by atoms with Crippen molar-refractivity contribution in [3.8, 4) is 11.5 Å². The third-order valence-electron chi connectivity index (χ3n) is 3.71. The normalized spacial score (nSPS) is 12.1. The van der Waals surface area contributed by atoms with Crippen LogP contribution in [0.1, 0.15) is 5.56 Å². The van der Waals surface area contributed by atoms with Gasteiger partial charge in [-0.3, -0.25) is 19.7 Å². The summed E-state index contributed by atoms with van der Waals surface area (Å²) in [7, 11) is 0. The summed E-state index contributed by atoms with van der Waals surface area (Å²) in [4.78, 5) is 34.2.